The smallest absolute Gasteiger partial charge is 0.320 e. The van der Waals surface area contributed by atoms with Crippen molar-refractivity contribution >= 4 is 21.9 Å². The van der Waals surface area contributed by atoms with E-state index < -0.39 is 0 Å². The van der Waals surface area contributed by atoms with Gasteiger partial charge in [-0.25, -0.2) is 0 Å². The van der Waals surface area contributed by atoms with E-state index in [1.165, 1.54) is 6.42 Å². The maximum absolute atomic E-state index is 11.7. The summed E-state index contributed by atoms with van der Waals surface area (Å²) in [7, 11) is 0. The van der Waals surface area contributed by atoms with Gasteiger partial charge < -0.3 is 9.47 Å². The van der Waals surface area contributed by atoms with Crippen LogP contribution in [0.15, 0.2) is 22.7 Å². The normalized spacial score (nSPS) is 21.1. The second kappa shape index (κ2) is 10.2. The molecule has 0 radical (unpaired) electrons. The van der Waals surface area contributed by atoms with Crippen LogP contribution >= 0.6 is 15.9 Å². The van der Waals surface area contributed by atoms with Gasteiger partial charge in [0.25, 0.3) is 0 Å². The van der Waals surface area contributed by atoms with Gasteiger partial charge in [-0.2, -0.15) is 0 Å². The number of rotatable bonds is 8. The van der Waals surface area contributed by atoms with Gasteiger partial charge in [-0.15, -0.1) is 0 Å². The first-order valence-electron chi connectivity index (χ1n) is 9.28. The number of nitrogens with zero attached hydrogens (tertiary/aromatic N) is 1. The first kappa shape index (κ1) is 20.2. The Labute approximate surface area is 160 Å². The van der Waals surface area contributed by atoms with Crippen LogP contribution in [0.25, 0.3) is 0 Å². The minimum Gasteiger partial charge on any atom is -0.493 e. The van der Waals surface area contributed by atoms with E-state index >= 15 is 0 Å². The lowest BCUT2D eigenvalue weighted by Crippen LogP contribution is -2.43. The first-order valence-corrected chi connectivity index (χ1v) is 10.1. The summed E-state index contributed by atoms with van der Waals surface area (Å²) in [6.45, 7) is 8.76. The molecule has 1 aliphatic heterocycles. The molecule has 4 nitrogen and oxygen atoms in total. The van der Waals surface area contributed by atoms with Gasteiger partial charge in [-0.1, -0.05) is 22.0 Å². The van der Waals surface area contributed by atoms with Crippen LogP contribution in [0.2, 0.25) is 0 Å². The fraction of sp³-hybridized carbons (Fsp3) is 0.650. The van der Waals surface area contributed by atoms with Crippen LogP contribution in [0.5, 0.6) is 5.75 Å². The Hall–Kier alpha value is -1.07. The molecule has 0 bridgehead atoms. The fourth-order valence-corrected chi connectivity index (χ4v) is 3.83. The van der Waals surface area contributed by atoms with E-state index in [1.54, 1.807) is 0 Å². The summed E-state index contributed by atoms with van der Waals surface area (Å²) in [5, 5.41) is 0. The van der Waals surface area contributed by atoms with E-state index in [1.807, 2.05) is 25.1 Å². The van der Waals surface area contributed by atoms with Crippen molar-refractivity contribution in [1.82, 2.24) is 4.90 Å². The molecular weight excluding hydrogens is 382 g/mol. The molecule has 5 heteroatoms. The van der Waals surface area contributed by atoms with Crippen molar-refractivity contribution in [1.29, 1.82) is 0 Å². The highest BCUT2D eigenvalue weighted by molar-refractivity contribution is 9.10. The van der Waals surface area contributed by atoms with E-state index in [0.29, 0.717) is 19.2 Å². The third-order valence-electron chi connectivity index (χ3n) is 4.99. The molecule has 1 heterocycles. The number of hydrogen-bond donors (Lipinski definition) is 0. The van der Waals surface area contributed by atoms with E-state index in [4.69, 9.17) is 9.47 Å². The zero-order valence-electron chi connectivity index (χ0n) is 15.6. The van der Waals surface area contributed by atoms with Crippen LogP contribution in [0.3, 0.4) is 0 Å². The molecule has 1 fully saturated rings. The van der Waals surface area contributed by atoms with Crippen LogP contribution in [0.1, 0.15) is 45.1 Å². The summed E-state index contributed by atoms with van der Waals surface area (Å²) < 4.78 is 12.1. The molecule has 1 saturated heterocycles. The van der Waals surface area contributed by atoms with E-state index in [9.17, 15) is 4.79 Å². The monoisotopic (exact) mass is 411 g/mol. The predicted molar refractivity (Wildman–Crippen MR) is 104 cm³/mol. The third kappa shape index (κ3) is 6.30. The average molecular weight is 412 g/mol. The molecule has 0 unspecified atom stereocenters. The zero-order valence-corrected chi connectivity index (χ0v) is 17.2. The van der Waals surface area contributed by atoms with Gasteiger partial charge >= 0.3 is 5.97 Å². The molecule has 0 N–H and O–H groups in total. The fourth-order valence-electron chi connectivity index (χ4n) is 3.49. The Bertz CT molecular complexity index is 564. The summed E-state index contributed by atoms with van der Waals surface area (Å²) in [6.07, 6.45) is 4.56. The third-order valence-corrected chi connectivity index (χ3v) is 5.85. The molecule has 0 aromatic heterocycles. The lowest BCUT2D eigenvalue weighted by molar-refractivity contribution is -0.145. The van der Waals surface area contributed by atoms with Gasteiger partial charge in [0.05, 0.1) is 19.8 Å². The van der Waals surface area contributed by atoms with Crippen LogP contribution in [-0.4, -0.2) is 43.2 Å². The number of carbonyl (C=O) groups excluding carboxylic acids is 1. The molecule has 0 spiro atoms. The summed E-state index contributed by atoms with van der Waals surface area (Å²) >= 11 is 3.54. The minimum absolute atomic E-state index is 0.106. The lowest BCUT2D eigenvalue weighted by Gasteiger charge is -2.37. The molecule has 2 atom stereocenters. The number of esters is 1. The summed E-state index contributed by atoms with van der Waals surface area (Å²) in [5.74, 6) is 1.58. The maximum atomic E-state index is 11.7. The lowest BCUT2D eigenvalue weighted by atomic mass is 9.88. The zero-order chi connectivity index (χ0) is 18.2. The number of piperidine rings is 1. The van der Waals surface area contributed by atoms with Crippen LogP contribution < -0.4 is 4.74 Å². The molecule has 140 valence electrons. The Morgan fingerprint density at radius 1 is 1.40 bits per heavy atom. The number of likely N-dealkylation sites (tertiary alicyclic amines) is 1. The summed E-state index contributed by atoms with van der Waals surface area (Å²) in [6, 6.07) is 6.51. The quantitative estimate of drug-likeness (QED) is 0.463. The number of halogens is 1. The molecule has 0 saturated carbocycles. The van der Waals surface area contributed by atoms with Gasteiger partial charge in [-0.05, 0) is 71.0 Å². The van der Waals surface area contributed by atoms with Crippen molar-refractivity contribution in [2.75, 3.05) is 26.3 Å². The first-order chi connectivity index (χ1) is 12.0. The van der Waals surface area contributed by atoms with Crippen LogP contribution in [0, 0.1) is 12.8 Å². The Morgan fingerprint density at radius 2 is 2.20 bits per heavy atom. The van der Waals surface area contributed by atoms with Gasteiger partial charge in [0.2, 0.25) is 0 Å². The number of ether oxygens (including phenoxy) is 2. The standard InChI is InChI=1S/C20H30BrNO3/c1-4-24-20(23)14-22-11-10-17(13-15(22)2)7-6-12-25-19-9-5-8-18(21)16(19)3/h5,8-9,15,17H,4,6-7,10-14H2,1-3H3/t15-,17-/m1/s1. The van der Waals surface area contributed by atoms with Crippen molar-refractivity contribution in [3.05, 3.63) is 28.2 Å². The molecule has 1 aromatic carbocycles. The highest BCUT2D eigenvalue weighted by Crippen LogP contribution is 2.28. The van der Waals surface area contributed by atoms with Crippen molar-refractivity contribution in [2.45, 2.75) is 52.5 Å². The number of carbonyl (C=O) groups is 1. The SMILES string of the molecule is CCOC(=O)CN1CC[C@@H](CCCOc2cccc(Br)c2C)C[C@H]1C. The Balaban J connectivity index is 1.67. The second-order valence-corrected chi connectivity index (χ2v) is 7.72. The highest BCUT2D eigenvalue weighted by atomic mass is 79.9. The minimum atomic E-state index is -0.106. The molecular formula is C20H30BrNO3. The van der Waals surface area contributed by atoms with Gasteiger partial charge in [0, 0.05) is 16.1 Å². The van der Waals surface area contributed by atoms with Crippen molar-refractivity contribution < 1.29 is 14.3 Å². The molecule has 0 amide bonds. The summed E-state index contributed by atoms with van der Waals surface area (Å²) in [4.78, 5) is 13.9. The largest absolute Gasteiger partial charge is 0.493 e. The predicted octanol–water partition coefficient (Wildman–Crippen LogP) is 4.58. The van der Waals surface area contributed by atoms with Crippen molar-refractivity contribution in [2.24, 2.45) is 5.92 Å². The molecule has 0 aliphatic carbocycles. The second-order valence-electron chi connectivity index (χ2n) is 6.87. The Kier molecular flexibility index (Phi) is 8.24. The topological polar surface area (TPSA) is 38.8 Å². The molecule has 1 aromatic rings. The van der Waals surface area contributed by atoms with Crippen LogP contribution in [0.4, 0.5) is 0 Å². The molecule has 25 heavy (non-hydrogen) atoms. The average Bonchev–Trinajstić information content (AvgIpc) is 2.58. The summed E-state index contributed by atoms with van der Waals surface area (Å²) in [5.41, 5.74) is 1.16. The van der Waals surface area contributed by atoms with Gasteiger partial charge in [0.1, 0.15) is 5.75 Å². The molecule has 1 aliphatic rings. The van der Waals surface area contributed by atoms with E-state index in [0.717, 1.165) is 54.1 Å². The van der Waals surface area contributed by atoms with Gasteiger partial charge in [0.15, 0.2) is 0 Å². The van der Waals surface area contributed by atoms with E-state index in [-0.39, 0.29) is 5.97 Å². The van der Waals surface area contributed by atoms with Crippen molar-refractivity contribution in [3.8, 4) is 5.75 Å². The maximum Gasteiger partial charge on any atom is 0.320 e. The van der Waals surface area contributed by atoms with Crippen molar-refractivity contribution in [3.63, 3.8) is 0 Å². The Morgan fingerprint density at radius 3 is 2.92 bits per heavy atom. The molecule has 2 rings (SSSR count). The number of benzene rings is 1. The van der Waals surface area contributed by atoms with Crippen LogP contribution in [-0.2, 0) is 9.53 Å². The number of hydrogen-bond acceptors (Lipinski definition) is 4. The highest BCUT2D eigenvalue weighted by Gasteiger charge is 2.26. The van der Waals surface area contributed by atoms with Gasteiger partial charge in [-0.3, -0.25) is 9.69 Å². The van der Waals surface area contributed by atoms with E-state index in [2.05, 4.69) is 34.7 Å².